The number of hydrogen-bond acceptors (Lipinski definition) is 3. The second-order valence-electron chi connectivity index (χ2n) is 4.33. The van der Waals surface area contributed by atoms with Crippen LogP contribution in [0.2, 0.25) is 0 Å². The van der Waals surface area contributed by atoms with Crippen molar-refractivity contribution in [1.29, 1.82) is 0 Å². The molecule has 0 unspecified atom stereocenters. The first-order valence-electron chi connectivity index (χ1n) is 6.43. The van der Waals surface area contributed by atoms with Crippen molar-refractivity contribution in [2.75, 3.05) is 25.2 Å². The van der Waals surface area contributed by atoms with Crippen LogP contribution in [-0.2, 0) is 4.74 Å². The molecule has 114 valence electrons. The summed E-state index contributed by atoms with van der Waals surface area (Å²) in [7, 11) is 1.44. The summed E-state index contributed by atoms with van der Waals surface area (Å²) in [6.45, 7) is 3.97. The molecule has 1 rings (SSSR count). The summed E-state index contributed by atoms with van der Waals surface area (Å²) in [6.07, 6.45) is 1.15. The summed E-state index contributed by atoms with van der Waals surface area (Å²) in [5, 5.41) is 0. The molecule has 0 bridgehead atoms. The van der Waals surface area contributed by atoms with Crippen LogP contribution in [0.5, 0.6) is 0 Å². The van der Waals surface area contributed by atoms with E-state index in [-0.39, 0.29) is 19.2 Å². The van der Waals surface area contributed by atoms with Crippen LogP contribution in [0.25, 0.3) is 0 Å². The van der Waals surface area contributed by atoms with Crippen molar-refractivity contribution in [3.63, 3.8) is 0 Å². The van der Waals surface area contributed by atoms with Gasteiger partial charge in [0.1, 0.15) is 5.69 Å². The lowest BCUT2D eigenvalue weighted by molar-refractivity contribution is 0.202. The first kappa shape index (κ1) is 16.7. The standard InChI is InChI=1S/C13H18F4N2O/c1-4-8(5-2)19(6-7-20-3)11-9(14)12(16)18-13(17)10(11)15/h8H,4-7H2,1-3H3. The van der Waals surface area contributed by atoms with Gasteiger partial charge in [0.25, 0.3) is 11.9 Å². The second kappa shape index (κ2) is 7.42. The molecular formula is C13H18F4N2O. The maximum absolute atomic E-state index is 13.8. The van der Waals surface area contributed by atoms with Crippen LogP contribution in [0.15, 0.2) is 0 Å². The third kappa shape index (κ3) is 3.39. The van der Waals surface area contributed by atoms with Crippen molar-refractivity contribution < 1.29 is 22.3 Å². The van der Waals surface area contributed by atoms with Gasteiger partial charge in [0.05, 0.1) is 6.61 Å². The van der Waals surface area contributed by atoms with Crippen LogP contribution in [-0.4, -0.2) is 31.3 Å². The van der Waals surface area contributed by atoms with E-state index >= 15 is 0 Å². The number of ether oxygens (including phenoxy) is 1. The summed E-state index contributed by atoms with van der Waals surface area (Å²) in [5.74, 6) is -6.25. The van der Waals surface area contributed by atoms with Crippen molar-refractivity contribution in [1.82, 2.24) is 4.98 Å². The Morgan fingerprint density at radius 1 is 1.05 bits per heavy atom. The fraction of sp³-hybridized carbons (Fsp3) is 0.615. The summed E-state index contributed by atoms with van der Waals surface area (Å²) >= 11 is 0. The number of rotatable bonds is 7. The summed E-state index contributed by atoms with van der Waals surface area (Å²) in [5.41, 5.74) is -0.722. The largest absolute Gasteiger partial charge is 0.383 e. The second-order valence-corrected chi connectivity index (χ2v) is 4.33. The molecule has 0 aliphatic carbocycles. The zero-order chi connectivity index (χ0) is 15.3. The first-order chi connectivity index (χ1) is 9.47. The Hall–Kier alpha value is -1.37. The van der Waals surface area contributed by atoms with Crippen LogP contribution >= 0.6 is 0 Å². The predicted octanol–water partition coefficient (Wildman–Crippen LogP) is 3.28. The van der Waals surface area contributed by atoms with E-state index in [2.05, 4.69) is 4.98 Å². The Bertz CT molecular complexity index is 426. The van der Waals surface area contributed by atoms with E-state index in [1.807, 2.05) is 13.8 Å². The normalized spacial score (nSPS) is 11.2. The molecule has 0 fully saturated rings. The third-order valence-corrected chi connectivity index (χ3v) is 3.18. The van der Waals surface area contributed by atoms with Gasteiger partial charge in [-0.3, -0.25) is 0 Å². The highest BCUT2D eigenvalue weighted by Gasteiger charge is 2.28. The van der Waals surface area contributed by atoms with E-state index in [0.29, 0.717) is 12.8 Å². The first-order valence-corrected chi connectivity index (χ1v) is 6.43. The van der Waals surface area contributed by atoms with E-state index in [4.69, 9.17) is 4.74 Å². The topological polar surface area (TPSA) is 25.4 Å². The summed E-state index contributed by atoms with van der Waals surface area (Å²) < 4.78 is 59.0. The van der Waals surface area contributed by atoms with Gasteiger partial charge in [-0.05, 0) is 12.8 Å². The molecule has 1 aromatic heterocycles. The van der Waals surface area contributed by atoms with Crippen molar-refractivity contribution in [3.05, 3.63) is 23.5 Å². The maximum atomic E-state index is 13.8. The Kier molecular flexibility index (Phi) is 6.19. The molecule has 1 heterocycles. The Balaban J connectivity index is 3.32. The average molecular weight is 294 g/mol. The van der Waals surface area contributed by atoms with Crippen LogP contribution < -0.4 is 4.90 Å². The molecule has 0 aliphatic rings. The molecule has 0 aliphatic heterocycles. The van der Waals surface area contributed by atoms with E-state index < -0.39 is 29.2 Å². The number of anilines is 1. The van der Waals surface area contributed by atoms with E-state index in [1.165, 1.54) is 12.0 Å². The van der Waals surface area contributed by atoms with Gasteiger partial charge in [-0.1, -0.05) is 13.8 Å². The molecule has 0 atom stereocenters. The SMILES string of the molecule is CCC(CC)N(CCOC)c1c(F)c(F)nc(F)c1F. The zero-order valence-electron chi connectivity index (χ0n) is 11.7. The van der Waals surface area contributed by atoms with Crippen molar-refractivity contribution in [3.8, 4) is 0 Å². The molecule has 0 saturated carbocycles. The molecule has 3 nitrogen and oxygen atoms in total. The number of hydrogen-bond donors (Lipinski definition) is 0. The number of pyridine rings is 1. The van der Waals surface area contributed by atoms with Crippen LogP contribution in [0.3, 0.4) is 0 Å². The number of halogens is 4. The summed E-state index contributed by atoms with van der Waals surface area (Å²) in [4.78, 5) is 3.86. The lowest BCUT2D eigenvalue weighted by atomic mass is 10.1. The molecule has 0 amide bonds. The molecular weight excluding hydrogens is 276 g/mol. The highest BCUT2D eigenvalue weighted by Crippen LogP contribution is 2.29. The molecule has 7 heteroatoms. The predicted molar refractivity (Wildman–Crippen MR) is 67.7 cm³/mol. The Morgan fingerprint density at radius 2 is 1.55 bits per heavy atom. The molecule has 1 aromatic rings. The minimum absolute atomic E-state index is 0.125. The molecule has 0 radical (unpaired) electrons. The lowest BCUT2D eigenvalue weighted by Gasteiger charge is -2.32. The Labute approximate surface area is 115 Å². The van der Waals surface area contributed by atoms with Gasteiger partial charge < -0.3 is 9.64 Å². The Morgan fingerprint density at radius 3 is 1.95 bits per heavy atom. The molecule has 0 spiro atoms. The van der Waals surface area contributed by atoms with Gasteiger partial charge >= 0.3 is 0 Å². The van der Waals surface area contributed by atoms with Gasteiger partial charge in [-0.25, -0.2) is 0 Å². The third-order valence-electron chi connectivity index (χ3n) is 3.18. The number of aromatic nitrogens is 1. The van der Waals surface area contributed by atoms with Crippen LogP contribution in [0.1, 0.15) is 26.7 Å². The van der Waals surface area contributed by atoms with Crippen LogP contribution in [0, 0.1) is 23.5 Å². The van der Waals surface area contributed by atoms with Gasteiger partial charge in [0.15, 0.2) is 0 Å². The summed E-state index contributed by atoms with van der Waals surface area (Å²) in [6, 6.07) is -0.254. The van der Waals surface area contributed by atoms with Gasteiger partial charge in [0.2, 0.25) is 11.6 Å². The monoisotopic (exact) mass is 294 g/mol. The van der Waals surface area contributed by atoms with Gasteiger partial charge in [-0.15, -0.1) is 0 Å². The van der Waals surface area contributed by atoms with Crippen LogP contribution in [0.4, 0.5) is 23.2 Å². The highest BCUT2D eigenvalue weighted by atomic mass is 19.2. The number of nitrogens with zero attached hydrogens (tertiary/aromatic N) is 2. The van der Waals surface area contributed by atoms with E-state index in [1.54, 1.807) is 0 Å². The van der Waals surface area contributed by atoms with Gasteiger partial charge in [-0.2, -0.15) is 22.5 Å². The molecule has 20 heavy (non-hydrogen) atoms. The van der Waals surface area contributed by atoms with Crippen molar-refractivity contribution in [2.45, 2.75) is 32.7 Å². The smallest absolute Gasteiger partial charge is 0.253 e. The van der Waals surface area contributed by atoms with E-state index in [0.717, 1.165) is 0 Å². The van der Waals surface area contributed by atoms with Crippen molar-refractivity contribution in [2.24, 2.45) is 0 Å². The fourth-order valence-electron chi connectivity index (χ4n) is 2.12. The minimum Gasteiger partial charge on any atom is -0.383 e. The molecule has 0 N–H and O–H groups in total. The van der Waals surface area contributed by atoms with Crippen molar-refractivity contribution >= 4 is 5.69 Å². The molecule has 0 aromatic carbocycles. The number of methoxy groups -OCH3 is 1. The maximum Gasteiger partial charge on any atom is 0.253 e. The average Bonchev–Trinajstić information content (AvgIpc) is 2.43. The minimum atomic E-state index is -1.65. The molecule has 0 saturated heterocycles. The fourth-order valence-corrected chi connectivity index (χ4v) is 2.12. The lowest BCUT2D eigenvalue weighted by Crippen LogP contribution is -2.39. The quantitative estimate of drug-likeness (QED) is 0.570. The highest BCUT2D eigenvalue weighted by molar-refractivity contribution is 5.49. The van der Waals surface area contributed by atoms with Gasteiger partial charge in [0, 0.05) is 19.7 Å². The van der Waals surface area contributed by atoms with E-state index in [9.17, 15) is 17.6 Å². The zero-order valence-corrected chi connectivity index (χ0v) is 11.7.